The van der Waals surface area contributed by atoms with Crippen LogP contribution in [0.5, 0.6) is 5.75 Å². The highest BCUT2D eigenvalue weighted by Crippen LogP contribution is 2.16. The summed E-state index contributed by atoms with van der Waals surface area (Å²) in [6.07, 6.45) is 0. The first-order valence-corrected chi connectivity index (χ1v) is 6.14. The molecule has 0 radical (unpaired) electrons. The van der Waals surface area contributed by atoms with Crippen molar-refractivity contribution >= 4 is 17.5 Å². The average molecular weight is 286 g/mol. The summed E-state index contributed by atoms with van der Waals surface area (Å²) in [4.78, 5) is 23.4. The second-order valence-corrected chi connectivity index (χ2v) is 4.20. The predicted octanol–water partition coefficient (Wildman–Crippen LogP) is 2.07. The van der Waals surface area contributed by atoms with Gasteiger partial charge in [-0.15, -0.1) is 0 Å². The van der Waals surface area contributed by atoms with E-state index < -0.39 is 5.91 Å². The molecule has 0 heterocycles. The number of hydrogen-bond acceptors (Lipinski definition) is 4. The molecule has 0 aliphatic heterocycles. The Labute approximate surface area is 121 Å². The van der Waals surface area contributed by atoms with E-state index in [0.29, 0.717) is 17.0 Å². The molecule has 0 spiro atoms. The minimum absolute atomic E-state index is 0.194. The van der Waals surface area contributed by atoms with E-state index in [2.05, 4.69) is 5.32 Å². The van der Waals surface area contributed by atoms with E-state index in [4.69, 9.17) is 9.94 Å². The fourth-order valence-electron chi connectivity index (χ4n) is 1.74. The molecular formula is C15H14N2O4. The Morgan fingerprint density at radius 2 is 1.62 bits per heavy atom. The van der Waals surface area contributed by atoms with Crippen LogP contribution in [0.4, 0.5) is 5.69 Å². The number of ether oxygens (including phenoxy) is 1. The summed E-state index contributed by atoms with van der Waals surface area (Å²) in [6, 6.07) is 12.9. The van der Waals surface area contributed by atoms with Gasteiger partial charge in [-0.05, 0) is 42.5 Å². The number of carbonyl (C=O) groups is 2. The molecule has 3 N–H and O–H groups in total. The highest BCUT2D eigenvalue weighted by atomic mass is 16.5. The molecule has 0 fully saturated rings. The summed E-state index contributed by atoms with van der Waals surface area (Å²) in [7, 11) is 1.56. The second-order valence-electron chi connectivity index (χ2n) is 4.20. The maximum Gasteiger partial charge on any atom is 0.274 e. The van der Waals surface area contributed by atoms with Crippen molar-refractivity contribution < 1.29 is 19.5 Å². The van der Waals surface area contributed by atoms with Crippen LogP contribution < -0.4 is 15.5 Å². The Bertz CT molecular complexity index is 653. The molecule has 6 nitrogen and oxygen atoms in total. The molecule has 6 heteroatoms. The van der Waals surface area contributed by atoms with Crippen molar-refractivity contribution in [2.75, 3.05) is 12.4 Å². The van der Waals surface area contributed by atoms with Gasteiger partial charge in [0.15, 0.2) is 0 Å². The summed E-state index contributed by atoms with van der Waals surface area (Å²) in [6.45, 7) is 0. The van der Waals surface area contributed by atoms with Crippen molar-refractivity contribution in [1.82, 2.24) is 5.48 Å². The monoisotopic (exact) mass is 286 g/mol. The number of benzene rings is 2. The summed E-state index contributed by atoms with van der Waals surface area (Å²) in [5.74, 6) is -0.337. The first-order valence-electron chi connectivity index (χ1n) is 6.14. The Hall–Kier alpha value is -2.86. The standard InChI is InChI=1S/C15H14N2O4/c1-21-13-7-5-12(6-8-13)16-14(18)10-3-2-4-11(9-10)15(19)17-20/h2-9,20H,1H3,(H,16,18)(H,17,19). The van der Waals surface area contributed by atoms with Crippen molar-refractivity contribution in [2.45, 2.75) is 0 Å². The SMILES string of the molecule is COc1ccc(NC(=O)c2cccc(C(=O)NO)c2)cc1. The molecule has 0 aliphatic carbocycles. The minimum Gasteiger partial charge on any atom is -0.497 e. The topological polar surface area (TPSA) is 87.7 Å². The quantitative estimate of drug-likeness (QED) is 0.593. The summed E-state index contributed by atoms with van der Waals surface area (Å²) < 4.78 is 5.03. The minimum atomic E-state index is -0.672. The van der Waals surface area contributed by atoms with Gasteiger partial charge in [-0.2, -0.15) is 0 Å². The fraction of sp³-hybridized carbons (Fsp3) is 0.0667. The second kappa shape index (κ2) is 6.53. The van der Waals surface area contributed by atoms with Crippen LogP contribution in [0.15, 0.2) is 48.5 Å². The number of methoxy groups -OCH3 is 1. The third kappa shape index (κ3) is 3.58. The first-order chi connectivity index (χ1) is 10.1. The van der Waals surface area contributed by atoms with Gasteiger partial charge in [0.2, 0.25) is 0 Å². The molecule has 2 rings (SSSR count). The zero-order chi connectivity index (χ0) is 15.2. The van der Waals surface area contributed by atoms with E-state index in [1.807, 2.05) is 0 Å². The lowest BCUT2D eigenvalue weighted by atomic mass is 10.1. The number of carbonyl (C=O) groups excluding carboxylic acids is 2. The molecule has 0 saturated heterocycles. The van der Waals surface area contributed by atoms with Gasteiger partial charge in [-0.1, -0.05) is 6.07 Å². The number of amides is 2. The number of anilines is 1. The van der Waals surface area contributed by atoms with Gasteiger partial charge in [0.1, 0.15) is 5.75 Å². The normalized spacial score (nSPS) is 9.81. The maximum atomic E-state index is 12.1. The summed E-state index contributed by atoms with van der Waals surface area (Å²) >= 11 is 0. The average Bonchev–Trinajstić information content (AvgIpc) is 2.55. The van der Waals surface area contributed by atoms with E-state index in [-0.39, 0.29) is 11.5 Å². The zero-order valence-electron chi connectivity index (χ0n) is 11.3. The van der Waals surface area contributed by atoms with Crippen molar-refractivity contribution in [1.29, 1.82) is 0 Å². The molecule has 0 atom stereocenters. The van der Waals surface area contributed by atoms with E-state index in [1.54, 1.807) is 43.5 Å². The molecule has 2 aromatic rings. The largest absolute Gasteiger partial charge is 0.497 e. The van der Waals surface area contributed by atoms with Crippen LogP contribution in [0.2, 0.25) is 0 Å². The van der Waals surface area contributed by atoms with Crippen LogP contribution in [0, 0.1) is 0 Å². The van der Waals surface area contributed by atoms with E-state index in [1.165, 1.54) is 17.6 Å². The Morgan fingerprint density at radius 3 is 2.19 bits per heavy atom. The molecule has 0 aromatic heterocycles. The molecule has 2 aromatic carbocycles. The van der Waals surface area contributed by atoms with Gasteiger partial charge in [-0.3, -0.25) is 14.8 Å². The number of rotatable bonds is 4. The third-order valence-electron chi connectivity index (χ3n) is 2.84. The lowest BCUT2D eigenvalue weighted by molar-refractivity contribution is 0.0706. The highest BCUT2D eigenvalue weighted by molar-refractivity contribution is 6.06. The van der Waals surface area contributed by atoms with Crippen LogP contribution in [-0.4, -0.2) is 24.1 Å². The number of hydrogen-bond donors (Lipinski definition) is 3. The maximum absolute atomic E-state index is 12.1. The molecule has 108 valence electrons. The predicted molar refractivity (Wildman–Crippen MR) is 76.6 cm³/mol. The molecule has 0 bridgehead atoms. The number of nitrogens with one attached hydrogen (secondary N) is 2. The molecule has 21 heavy (non-hydrogen) atoms. The van der Waals surface area contributed by atoms with Crippen molar-refractivity contribution in [3.8, 4) is 5.75 Å². The van der Waals surface area contributed by atoms with Crippen LogP contribution in [0.3, 0.4) is 0 Å². The van der Waals surface area contributed by atoms with Gasteiger partial charge in [0.05, 0.1) is 7.11 Å². The third-order valence-corrected chi connectivity index (χ3v) is 2.84. The number of hydroxylamine groups is 1. The van der Waals surface area contributed by atoms with Gasteiger partial charge in [-0.25, -0.2) is 5.48 Å². The summed E-state index contributed by atoms with van der Waals surface area (Å²) in [5, 5.41) is 11.3. The molecule has 0 aliphatic rings. The van der Waals surface area contributed by atoms with Crippen LogP contribution >= 0.6 is 0 Å². The lowest BCUT2D eigenvalue weighted by Crippen LogP contribution is -2.19. The molecular weight excluding hydrogens is 272 g/mol. The van der Waals surface area contributed by atoms with Crippen LogP contribution in [0.1, 0.15) is 20.7 Å². The van der Waals surface area contributed by atoms with Gasteiger partial charge in [0, 0.05) is 16.8 Å². The van der Waals surface area contributed by atoms with Crippen LogP contribution in [-0.2, 0) is 0 Å². The lowest BCUT2D eigenvalue weighted by Gasteiger charge is -2.07. The van der Waals surface area contributed by atoms with Crippen molar-refractivity contribution in [3.63, 3.8) is 0 Å². The Balaban J connectivity index is 2.14. The van der Waals surface area contributed by atoms with E-state index in [0.717, 1.165) is 0 Å². The van der Waals surface area contributed by atoms with Gasteiger partial charge in [0.25, 0.3) is 11.8 Å². The van der Waals surface area contributed by atoms with E-state index in [9.17, 15) is 9.59 Å². The molecule has 0 saturated carbocycles. The Kier molecular flexibility index (Phi) is 4.53. The Morgan fingerprint density at radius 1 is 1.00 bits per heavy atom. The van der Waals surface area contributed by atoms with Crippen LogP contribution in [0.25, 0.3) is 0 Å². The van der Waals surface area contributed by atoms with Gasteiger partial charge < -0.3 is 10.1 Å². The summed E-state index contributed by atoms with van der Waals surface area (Å²) in [5.41, 5.74) is 2.64. The first kappa shape index (κ1) is 14.5. The van der Waals surface area contributed by atoms with Crippen molar-refractivity contribution in [2.24, 2.45) is 0 Å². The zero-order valence-corrected chi connectivity index (χ0v) is 11.3. The van der Waals surface area contributed by atoms with Crippen molar-refractivity contribution in [3.05, 3.63) is 59.7 Å². The molecule has 2 amide bonds. The van der Waals surface area contributed by atoms with Gasteiger partial charge >= 0.3 is 0 Å². The highest BCUT2D eigenvalue weighted by Gasteiger charge is 2.10. The molecule has 0 unspecified atom stereocenters. The fourth-order valence-corrected chi connectivity index (χ4v) is 1.74. The van der Waals surface area contributed by atoms with E-state index >= 15 is 0 Å². The smallest absolute Gasteiger partial charge is 0.274 e.